The quantitative estimate of drug-likeness (QED) is 0.831. The van der Waals surface area contributed by atoms with E-state index in [4.69, 9.17) is 0 Å². The van der Waals surface area contributed by atoms with Gasteiger partial charge in [-0.2, -0.15) is 0 Å². The van der Waals surface area contributed by atoms with Gasteiger partial charge in [-0.25, -0.2) is 0 Å². The van der Waals surface area contributed by atoms with Crippen molar-refractivity contribution in [3.8, 4) is 0 Å². The highest BCUT2D eigenvalue weighted by Gasteiger charge is 2.24. The topological polar surface area (TPSA) is 78.5 Å². The predicted octanol–water partition coefficient (Wildman–Crippen LogP) is 2.48. The second kappa shape index (κ2) is 8.65. The average Bonchev–Trinajstić information content (AvgIpc) is 2.53. The van der Waals surface area contributed by atoms with Crippen molar-refractivity contribution in [3.63, 3.8) is 0 Å². The van der Waals surface area contributed by atoms with Crippen LogP contribution in [0, 0.1) is 5.92 Å². The zero-order chi connectivity index (χ0) is 18.4. The van der Waals surface area contributed by atoms with E-state index >= 15 is 0 Å². The van der Waals surface area contributed by atoms with Gasteiger partial charge in [0.2, 0.25) is 17.7 Å². The Hall–Kier alpha value is -2.37. The molecule has 25 heavy (non-hydrogen) atoms. The summed E-state index contributed by atoms with van der Waals surface area (Å²) in [6.45, 7) is 6.46. The highest BCUT2D eigenvalue weighted by atomic mass is 16.2. The number of nitrogens with zero attached hydrogens (tertiary/aromatic N) is 1. The fourth-order valence-corrected chi connectivity index (χ4v) is 3.08. The van der Waals surface area contributed by atoms with E-state index < -0.39 is 0 Å². The maximum Gasteiger partial charge on any atom is 0.228 e. The lowest BCUT2D eigenvalue weighted by atomic mass is 9.99. The third-order valence-electron chi connectivity index (χ3n) is 4.12. The second-order valence-electron chi connectivity index (χ2n) is 6.83. The van der Waals surface area contributed by atoms with Crippen molar-refractivity contribution in [2.24, 2.45) is 5.92 Å². The third-order valence-corrected chi connectivity index (χ3v) is 4.12. The van der Waals surface area contributed by atoms with Gasteiger partial charge in [-0.15, -0.1) is 0 Å². The van der Waals surface area contributed by atoms with Crippen molar-refractivity contribution in [3.05, 3.63) is 23.8 Å². The van der Waals surface area contributed by atoms with Gasteiger partial charge in [-0.1, -0.05) is 19.9 Å². The molecule has 0 bridgehead atoms. The van der Waals surface area contributed by atoms with Crippen molar-refractivity contribution in [1.29, 1.82) is 0 Å². The molecule has 1 aromatic rings. The normalized spacial score (nSPS) is 13.4. The Balaban J connectivity index is 2.01. The van der Waals surface area contributed by atoms with E-state index in [1.807, 2.05) is 32.0 Å². The average molecular weight is 345 g/mol. The predicted molar refractivity (Wildman–Crippen MR) is 98.5 cm³/mol. The minimum absolute atomic E-state index is 0.00854. The Bertz CT molecular complexity index is 655. The summed E-state index contributed by atoms with van der Waals surface area (Å²) in [6, 6.07) is 5.62. The zero-order valence-electron chi connectivity index (χ0n) is 15.2. The molecule has 0 saturated heterocycles. The first-order valence-corrected chi connectivity index (χ1v) is 8.85. The molecule has 6 nitrogen and oxygen atoms in total. The number of hydrogen-bond acceptors (Lipinski definition) is 3. The van der Waals surface area contributed by atoms with Gasteiger partial charge in [0.05, 0.1) is 0 Å². The van der Waals surface area contributed by atoms with Gasteiger partial charge in [0.25, 0.3) is 0 Å². The molecule has 2 N–H and O–H groups in total. The van der Waals surface area contributed by atoms with Gasteiger partial charge < -0.3 is 15.5 Å². The Labute approximate surface area is 149 Å². The summed E-state index contributed by atoms with van der Waals surface area (Å²) < 4.78 is 0. The summed E-state index contributed by atoms with van der Waals surface area (Å²) in [5.41, 5.74) is 2.63. The molecule has 0 radical (unpaired) electrons. The summed E-state index contributed by atoms with van der Waals surface area (Å²) in [4.78, 5) is 37.4. The first kappa shape index (κ1) is 19.0. The fourth-order valence-electron chi connectivity index (χ4n) is 3.08. The van der Waals surface area contributed by atoms with Crippen molar-refractivity contribution in [2.75, 3.05) is 23.3 Å². The molecule has 136 valence electrons. The summed E-state index contributed by atoms with van der Waals surface area (Å²) in [5, 5.41) is 5.64. The first-order chi connectivity index (χ1) is 11.9. The number of carbonyl (C=O) groups is 3. The van der Waals surface area contributed by atoms with E-state index in [9.17, 15) is 14.4 Å². The number of fused-ring (bicyclic) bond motifs is 1. The molecule has 0 atom stereocenters. The van der Waals surface area contributed by atoms with Crippen LogP contribution in [0.4, 0.5) is 11.4 Å². The van der Waals surface area contributed by atoms with Crippen LogP contribution in [0.2, 0.25) is 0 Å². The molecule has 1 aliphatic rings. The molecule has 1 aromatic carbocycles. The number of benzene rings is 1. The number of amides is 3. The molecule has 6 heteroatoms. The van der Waals surface area contributed by atoms with Crippen molar-refractivity contribution in [1.82, 2.24) is 5.32 Å². The summed E-state index contributed by atoms with van der Waals surface area (Å²) in [5.74, 6) is 0.155. The minimum Gasteiger partial charge on any atom is -0.356 e. The lowest BCUT2D eigenvalue weighted by Crippen LogP contribution is -2.38. The molecule has 1 heterocycles. The maximum absolute atomic E-state index is 12.6. The van der Waals surface area contributed by atoms with Gasteiger partial charge >= 0.3 is 0 Å². The smallest absolute Gasteiger partial charge is 0.228 e. The van der Waals surface area contributed by atoms with Crippen molar-refractivity contribution < 1.29 is 14.4 Å². The number of hydrogen-bond donors (Lipinski definition) is 2. The van der Waals surface area contributed by atoms with Crippen LogP contribution in [0.15, 0.2) is 18.2 Å². The number of rotatable bonds is 6. The molecule has 0 aromatic heterocycles. The van der Waals surface area contributed by atoms with Gasteiger partial charge in [0.15, 0.2) is 0 Å². The van der Waals surface area contributed by atoms with Crippen LogP contribution in [0.3, 0.4) is 0 Å². The van der Waals surface area contributed by atoms with Crippen LogP contribution >= 0.6 is 0 Å². The van der Waals surface area contributed by atoms with E-state index in [2.05, 4.69) is 10.6 Å². The summed E-state index contributed by atoms with van der Waals surface area (Å²) in [6.07, 6.45) is 2.43. The van der Waals surface area contributed by atoms with Crippen LogP contribution in [0.25, 0.3) is 0 Å². The van der Waals surface area contributed by atoms with Gasteiger partial charge in [-0.05, 0) is 36.5 Å². The van der Waals surface area contributed by atoms with E-state index in [-0.39, 0.29) is 24.1 Å². The van der Waals surface area contributed by atoms with Gasteiger partial charge in [-0.3, -0.25) is 14.4 Å². The lowest BCUT2D eigenvalue weighted by molar-refractivity contribution is -0.122. The van der Waals surface area contributed by atoms with E-state index in [0.717, 1.165) is 29.8 Å². The van der Waals surface area contributed by atoms with Crippen LogP contribution in [-0.4, -0.2) is 30.8 Å². The molecule has 0 fully saturated rings. The highest BCUT2D eigenvalue weighted by molar-refractivity contribution is 5.97. The Morgan fingerprint density at radius 3 is 2.68 bits per heavy atom. The Morgan fingerprint density at radius 1 is 1.24 bits per heavy atom. The summed E-state index contributed by atoms with van der Waals surface area (Å²) in [7, 11) is 0. The van der Waals surface area contributed by atoms with E-state index in [1.165, 1.54) is 6.92 Å². The number of anilines is 2. The van der Waals surface area contributed by atoms with E-state index in [0.29, 0.717) is 25.4 Å². The maximum atomic E-state index is 12.6. The second-order valence-corrected chi connectivity index (χ2v) is 6.83. The van der Waals surface area contributed by atoms with Crippen LogP contribution in [0.1, 0.15) is 45.6 Å². The lowest BCUT2D eigenvalue weighted by Gasteiger charge is -2.31. The minimum atomic E-state index is -0.121. The number of carbonyl (C=O) groups excluding carboxylic acids is 3. The fraction of sp³-hybridized carbons (Fsp3) is 0.526. The molecule has 3 amide bonds. The highest BCUT2D eigenvalue weighted by Crippen LogP contribution is 2.33. The molecule has 0 spiro atoms. The van der Waals surface area contributed by atoms with Crippen molar-refractivity contribution >= 4 is 29.1 Å². The molecular formula is C19H27N3O3. The molecule has 0 saturated carbocycles. The standard InChI is InChI=1S/C19H27N3O3/c1-13(2)12-18(24)20-10-9-19(25)22-11-5-6-15-16(21-14(3)23)7-4-8-17(15)22/h4,7-8,13H,5-6,9-12H2,1-3H3,(H,20,24)(H,21,23). The summed E-state index contributed by atoms with van der Waals surface area (Å²) >= 11 is 0. The first-order valence-electron chi connectivity index (χ1n) is 8.85. The van der Waals surface area contributed by atoms with E-state index in [1.54, 1.807) is 4.90 Å². The molecule has 0 aliphatic carbocycles. The van der Waals surface area contributed by atoms with Crippen molar-refractivity contribution in [2.45, 2.75) is 46.5 Å². The van der Waals surface area contributed by atoms with Crippen LogP contribution in [0.5, 0.6) is 0 Å². The van der Waals surface area contributed by atoms with Crippen LogP contribution in [-0.2, 0) is 20.8 Å². The molecule has 0 unspecified atom stereocenters. The van der Waals surface area contributed by atoms with Gasteiger partial charge in [0, 0.05) is 44.2 Å². The Morgan fingerprint density at radius 2 is 2.00 bits per heavy atom. The molecular weight excluding hydrogens is 318 g/mol. The molecule has 1 aliphatic heterocycles. The zero-order valence-corrected chi connectivity index (χ0v) is 15.2. The Kier molecular flexibility index (Phi) is 6.56. The van der Waals surface area contributed by atoms with Crippen LogP contribution < -0.4 is 15.5 Å². The molecule has 2 rings (SSSR count). The monoisotopic (exact) mass is 345 g/mol. The third kappa shape index (κ3) is 5.31. The number of nitrogens with one attached hydrogen (secondary N) is 2. The van der Waals surface area contributed by atoms with Gasteiger partial charge in [0.1, 0.15) is 0 Å². The SMILES string of the molecule is CC(=O)Nc1cccc2c1CCCN2C(=O)CCNC(=O)CC(C)C. The largest absolute Gasteiger partial charge is 0.356 e.